The smallest absolute Gasteiger partial charge is 0.326 e. The molecule has 0 aromatic carbocycles. The number of hydrogen-bond donors (Lipinski definition) is 3. The van der Waals surface area contributed by atoms with Crippen molar-refractivity contribution in [3.8, 4) is 0 Å². The molecule has 1 rings (SSSR count). The predicted molar refractivity (Wildman–Crippen MR) is 62.8 cm³/mol. The highest BCUT2D eigenvalue weighted by Crippen LogP contribution is 1.99. The SMILES string of the molecule is CCC(NC(=O)N(C)Cc1n[nH]c(C)n1)C(=O)O. The van der Waals surface area contributed by atoms with Gasteiger partial charge in [0.25, 0.3) is 0 Å². The fourth-order valence-corrected chi connectivity index (χ4v) is 1.34. The summed E-state index contributed by atoms with van der Waals surface area (Å²) < 4.78 is 0. The zero-order valence-corrected chi connectivity index (χ0v) is 10.6. The second-order valence-electron chi connectivity index (χ2n) is 3.94. The van der Waals surface area contributed by atoms with E-state index in [9.17, 15) is 9.59 Å². The lowest BCUT2D eigenvalue weighted by atomic mass is 10.2. The molecule has 0 aliphatic carbocycles. The number of aliphatic carboxylic acids is 1. The third-order valence-corrected chi connectivity index (χ3v) is 2.37. The molecule has 8 heteroatoms. The molecule has 100 valence electrons. The van der Waals surface area contributed by atoms with Crippen molar-refractivity contribution < 1.29 is 14.7 Å². The molecule has 2 amide bonds. The largest absolute Gasteiger partial charge is 0.480 e. The Morgan fingerprint density at radius 3 is 2.67 bits per heavy atom. The molecule has 0 bridgehead atoms. The van der Waals surface area contributed by atoms with Gasteiger partial charge in [0.05, 0.1) is 6.54 Å². The van der Waals surface area contributed by atoms with Gasteiger partial charge in [0.1, 0.15) is 11.9 Å². The van der Waals surface area contributed by atoms with Gasteiger partial charge >= 0.3 is 12.0 Å². The maximum absolute atomic E-state index is 11.7. The molecule has 0 aliphatic rings. The number of carbonyl (C=O) groups excluding carboxylic acids is 1. The van der Waals surface area contributed by atoms with Gasteiger partial charge in [-0.05, 0) is 13.3 Å². The molecule has 1 heterocycles. The first-order valence-corrected chi connectivity index (χ1v) is 5.56. The van der Waals surface area contributed by atoms with Crippen molar-refractivity contribution in [2.75, 3.05) is 7.05 Å². The summed E-state index contributed by atoms with van der Waals surface area (Å²) in [5.74, 6) is 0.0947. The Bertz CT molecular complexity index is 431. The van der Waals surface area contributed by atoms with Crippen LogP contribution >= 0.6 is 0 Å². The Hall–Kier alpha value is -2.12. The van der Waals surface area contributed by atoms with E-state index in [0.717, 1.165) is 0 Å². The molecule has 1 atom stereocenters. The number of carboxylic acids is 1. The minimum absolute atomic E-state index is 0.215. The van der Waals surface area contributed by atoms with Crippen molar-refractivity contribution in [1.82, 2.24) is 25.4 Å². The minimum atomic E-state index is -1.05. The van der Waals surface area contributed by atoms with Crippen LogP contribution in [-0.4, -0.2) is 50.3 Å². The van der Waals surface area contributed by atoms with Gasteiger partial charge in [-0.25, -0.2) is 14.6 Å². The fourth-order valence-electron chi connectivity index (χ4n) is 1.34. The van der Waals surface area contributed by atoms with E-state index >= 15 is 0 Å². The van der Waals surface area contributed by atoms with Gasteiger partial charge in [-0.15, -0.1) is 0 Å². The summed E-state index contributed by atoms with van der Waals surface area (Å²) >= 11 is 0. The Morgan fingerprint density at radius 1 is 1.56 bits per heavy atom. The number of aromatic amines is 1. The second-order valence-corrected chi connectivity index (χ2v) is 3.94. The first-order valence-electron chi connectivity index (χ1n) is 5.56. The number of nitrogens with one attached hydrogen (secondary N) is 2. The van der Waals surface area contributed by atoms with Gasteiger partial charge in [0.2, 0.25) is 0 Å². The van der Waals surface area contributed by atoms with Crippen molar-refractivity contribution in [2.24, 2.45) is 0 Å². The van der Waals surface area contributed by atoms with Crippen LogP contribution in [0.4, 0.5) is 4.79 Å². The molecule has 1 aromatic heterocycles. The molecule has 0 saturated carbocycles. The van der Waals surface area contributed by atoms with Gasteiger partial charge in [-0.3, -0.25) is 5.10 Å². The number of amides is 2. The van der Waals surface area contributed by atoms with Crippen molar-refractivity contribution >= 4 is 12.0 Å². The quantitative estimate of drug-likeness (QED) is 0.691. The highest BCUT2D eigenvalue weighted by molar-refractivity contribution is 5.82. The average Bonchev–Trinajstić information content (AvgIpc) is 2.70. The van der Waals surface area contributed by atoms with E-state index in [1.807, 2.05) is 0 Å². The Kier molecular flexibility index (Phi) is 4.64. The van der Waals surface area contributed by atoms with Crippen molar-refractivity contribution in [1.29, 1.82) is 0 Å². The van der Waals surface area contributed by atoms with E-state index in [2.05, 4.69) is 20.5 Å². The summed E-state index contributed by atoms with van der Waals surface area (Å²) in [6.45, 7) is 3.66. The molecule has 0 spiro atoms. The van der Waals surface area contributed by atoms with E-state index in [0.29, 0.717) is 18.1 Å². The van der Waals surface area contributed by atoms with Gasteiger partial charge in [0, 0.05) is 7.05 Å². The first-order chi connectivity index (χ1) is 8.43. The van der Waals surface area contributed by atoms with Crippen LogP contribution in [0.2, 0.25) is 0 Å². The number of nitrogens with zero attached hydrogens (tertiary/aromatic N) is 3. The van der Waals surface area contributed by atoms with Crippen LogP contribution < -0.4 is 5.32 Å². The van der Waals surface area contributed by atoms with Gasteiger partial charge in [0.15, 0.2) is 5.82 Å². The standard InChI is InChI=1S/C10H17N5O3/c1-4-7(9(16)17)12-10(18)15(3)5-8-11-6(2)13-14-8/h7H,4-5H2,1-3H3,(H,12,18)(H,16,17)(H,11,13,14). The number of rotatable bonds is 5. The summed E-state index contributed by atoms with van der Waals surface area (Å²) in [5, 5.41) is 17.8. The normalized spacial score (nSPS) is 11.9. The Morgan fingerprint density at radius 2 is 2.22 bits per heavy atom. The maximum Gasteiger partial charge on any atom is 0.326 e. The number of carbonyl (C=O) groups is 2. The lowest BCUT2D eigenvalue weighted by molar-refractivity contribution is -0.139. The average molecular weight is 255 g/mol. The van der Waals surface area contributed by atoms with E-state index in [-0.39, 0.29) is 6.54 Å². The van der Waals surface area contributed by atoms with Crippen LogP contribution in [0, 0.1) is 6.92 Å². The molecule has 8 nitrogen and oxygen atoms in total. The molecule has 18 heavy (non-hydrogen) atoms. The maximum atomic E-state index is 11.7. The van der Waals surface area contributed by atoms with Crippen LogP contribution in [0.15, 0.2) is 0 Å². The van der Waals surface area contributed by atoms with Crippen LogP contribution in [0.3, 0.4) is 0 Å². The van der Waals surface area contributed by atoms with Gasteiger partial charge in [-0.2, -0.15) is 5.10 Å². The van der Waals surface area contributed by atoms with Crippen LogP contribution in [-0.2, 0) is 11.3 Å². The highest BCUT2D eigenvalue weighted by Gasteiger charge is 2.20. The number of aromatic nitrogens is 3. The van der Waals surface area contributed by atoms with Crippen molar-refractivity contribution in [3.05, 3.63) is 11.6 Å². The zero-order chi connectivity index (χ0) is 13.7. The zero-order valence-electron chi connectivity index (χ0n) is 10.6. The second kappa shape index (κ2) is 5.99. The lowest BCUT2D eigenvalue weighted by Crippen LogP contribution is -2.46. The molecule has 0 radical (unpaired) electrons. The number of hydrogen-bond acceptors (Lipinski definition) is 4. The molecule has 3 N–H and O–H groups in total. The summed E-state index contributed by atoms with van der Waals surface area (Å²) in [6, 6.07) is -1.35. The lowest BCUT2D eigenvalue weighted by Gasteiger charge is -2.19. The monoisotopic (exact) mass is 255 g/mol. The van der Waals surface area contributed by atoms with Crippen LogP contribution in [0.25, 0.3) is 0 Å². The minimum Gasteiger partial charge on any atom is -0.480 e. The molecule has 1 unspecified atom stereocenters. The third-order valence-electron chi connectivity index (χ3n) is 2.37. The number of aryl methyl sites for hydroxylation is 1. The van der Waals surface area contributed by atoms with Crippen LogP contribution in [0.5, 0.6) is 0 Å². The number of urea groups is 1. The summed E-state index contributed by atoms with van der Waals surface area (Å²) in [7, 11) is 1.55. The molecule has 0 fully saturated rings. The predicted octanol–water partition coefficient (Wildman–Crippen LogP) is 0.118. The van der Waals surface area contributed by atoms with Gasteiger partial charge < -0.3 is 15.3 Å². The molecule has 1 aromatic rings. The molecular formula is C10H17N5O3. The van der Waals surface area contributed by atoms with E-state index in [4.69, 9.17) is 5.11 Å². The summed E-state index contributed by atoms with van der Waals surface area (Å²) in [4.78, 5) is 27.9. The molecule has 0 saturated heterocycles. The fraction of sp³-hybridized carbons (Fsp3) is 0.600. The van der Waals surface area contributed by atoms with Gasteiger partial charge in [-0.1, -0.05) is 6.92 Å². The van der Waals surface area contributed by atoms with Crippen LogP contribution in [0.1, 0.15) is 25.0 Å². The van der Waals surface area contributed by atoms with E-state index in [1.54, 1.807) is 20.9 Å². The third kappa shape index (κ3) is 3.72. The van der Waals surface area contributed by atoms with E-state index < -0.39 is 18.0 Å². The van der Waals surface area contributed by atoms with Crippen molar-refractivity contribution in [3.63, 3.8) is 0 Å². The molecular weight excluding hydrogens is 238 g/mol. The first kappa shape index (κ1) is 13.9. The molecule has 0 aliphatic heterocycles. The highest BCUT2D eigenvalue weighted by atomic mass is 16.4. The summed E-state index contributed by atoms with van der Waals surface area (Å²) in [5.41, 5.74) is 0. The van der Waals surface area contributed by atoms with E-state index in [1.165, 1.54) is 4.90 Å². The number of carboxylic acid groups (broad SMARTS) is 1. The Balaban J connectivity index is 2.53. The topological polar surface area (TPSA) is 111 Å². The number of H-pyrrole nitrogens is 1. The Labute approximate surface area is 104 Å². The summed E-state index contributed by atoms with van der Waals surface area (Å²) in [6.07, 6.45) is 0.328. The van der Waals surface area contributed by atoms with Crippen molar-refractivity contribution in [2.45, 2.75) is 32.9 Å².